The van der Waals surface area contributed by atoms with Crippen molar-refractivity contribution in [2.24, 2.45) is 0 Å². The minimum absolute atomic E-state index is 0.108. The number of hydrogen-bond acceptors (Lipinski definition) is 3. The van der Waals surface area contributed by atoms with Crippen LogP contribution in [-0.4, -0.2) is 20.5 Å². The predicted octanol–water partition coefficient (Wildman–Crippen LogP) is 5.97. The number of carbonyl (C=O) groups excluding carboxylic acids is 1. The summed E-state index contributed by atoms with van der Waals surface area (Å²) in [5.41, 5.74) is -0.437. The average Bonchev–Trinajstić information content (AvgIpc) is 3.14. The van der Waals surface area contributed by atoms with Crippen LogP contribution in [-0.2, 0) is 6.18 Å². The standard InChI is InChI=1S/C20H11Cl2F3N4O/c21-13-7-6-12(8-14(13)22)26-19(30)16-10-18-27-15(11-4-2-1-3-5-11)9-17(20(23,24)25)29(18)28-16/h1-10H,(H,26,30). The van der Waals surface area contributed by atoms with E-state index in [4.69, 9.17) is 23.2 Å². The van der Waals surface area contributed by atoms with Crippen LogP contribution in [0.25, 0.3) is 16.9 Å². The minimum Gasteiger partial charge on any atom is -0.321 e. The minimum atomic E-state index is -4.70. The predicted molar refractivity (Wildman–Crippen MR) is 108 cm³/mol. The maximum absolute atomic E-state index is 13.6. The third-order valence-corrected chi connectivity index (χ3v) is 4.94. The third kappa shape index (κ3) is 3.96. The van der Waals surface area contributed by atoms with E-state index in [1.165, 1.54) is 24.3 Å². The lowest BCUT2D eigenvalue weighted by Gasteiger charge is -2.11. The number of nitrogens with zero attached hydrogens (tertiary/aromatic N) is 3. The summed E-state index contributed by atoms with van der Waals surface area (Å²) in [7, 11) is 0. The van der Waals surface area contributed by atoms with Gasteiger partial charge in [-0.15, -0.1) is 0 Å². The quantitative estimate of drug-likeness (QED) is 0.417. The second-order valence-corrected chi connectivity index (χ2v) is 7.09. The molecule has 0 atom stereocenters. The summed E-state index contributed by atoms with van der Waals surface area (Å²) in [5.74, 6) is -0.715. The highest BCUT2D eigenvalue weighted by Crippen LogP contribution is 2.32. The number of halogens is 5. The number of alkyl halides is 3. The number of carbonyl (C=O) groups is 1. The van der Waals surface area contributed by atoms with Gasteiger partial charge in [-0.3, -0.25) is 4.79 Å². The van der Waals surface area contributed by atoms with Gasteiger partial charge in [-0.05, 0) is 24.3 Å². The van der Waals surface area contributed by atoms with Crippen LogP contribution in [0.1, 0.15) is 16.2 Å². The zero-order valence-electron chi connectivity index (χ0n) is 14.9. The molecule has 10 heteroatoms. The van der Waals surface area contributed by atoms with E-state index in [0.717, 1.165) is 6.07 Å². The fraction of sp³-hybridized carbons (Fsp3) is 0.0500. The third-order valence-electron chi connectivity index (χ3n) is 4.20. The molecule has 2 heterocycles. The normalized spacial score (nSPS) is 11.6. The highest BCUT2D eigenvalue weighted by atomic mass is 35.5. The van der Waals surface area contributed by atoms with E-state index in [2.05, 4.69) is 15.4 Å². The van der Waals surface area contributed by atoms with Crippen molar-refractivity contribution in [2.75, 3.05) is 5.32 Å². The summed E-state index contributed by atoms with van der Waals surface area (Å²) in [6.07, 6.45) is -4.70. The lowest BCUT2D eigenvalue weighted by atomic mass is 10.1. The largest absolute Gasteiger partial charge is 0.433 e. The van der Waals surface area contributed by atoms with Crippen molar-refractivity contribution in [3.8, 4) is 11.3 Å². The Bertz CT molecular complexity index is 1260. The first kappa shape index (κ1) is 20.2. The number of aromatic nitrogens is 3. The number of benzene rings is 2. The van der Waals surface area contributed by atoms with Crippen LogP contribution in [0.15, 0.2) is 60.7 Å². The van der Waals surface area contributed by atoms with Crippen LogP contribution in [0, 0.1) is 0 Å². The van der Waals surface area contributed by atoms with Crippen LogP contribution >= 0.6 is 23.2 Å². The molecule has 0 fully saturated rings. The summed E-state index contributed by atoms with van der Waals surface area (Å²) < 4.78 is 41.5. The Labute approximate surface area is 178 Å². The molecule has 0 saturated carbocycles. The first-order valence-electron chi connectivity index (χ1n) is 8.52. The van der Waals surface area contributed by atoms with Crippen molar-refractivity contribution >= 4 is 40.4 Å². The highest BCUT2D eigenvalue weighted by Gasteiger charge is 2.35. The molecule has 0 radical (unpaired) electrons. The van der Waals surface area contributed by atoms with Crippen LogP contribution in [0.4, 0.5) is 18.9 Å². The summed E-state index contributed by atoms with van der Waals surface area (Å²) in [5, 5.41) is 6.86. The van der Waals surface area contributed by atoms with Crippen molar-refractivity contribution in [3.05, 3.63) is 82.1 Å². The lowest BCUT2D eigenvalue weighted by molar-refractivity contribution is -0.142. The molecule has 2 aromatic heterocycles. The Morgan fingerprint density at radius 3 is 2.37 bits per heavy atom. The van der Waals surface area contributed by atoms with Crippen LogP contribution in [0.3, 0.4) is 0 Å². The second-order valence-electron chi connectivity index (χ2n) is 6.27. The van der Waals surface area contributed by atoms with Gasteiger partial charge in [0.05, 0.1) is 15.7 Å². The Morgan fingerprint density at radius 2 is 1.70 bits per heavy atom. The maximum atomic E-state index is 13.6. The molecule has 152 valence electrons. The van der Waals surface area contributed by atoms with Crippen molar-refractivity contribution in [3.63, 3.8) is 0 Å². The van der Waals surface area contributed by atoms with Gasteiger partial charge in [0.1, 0.15) is 0 Å². The molecule has 0 aliphatic heterocycles. The topological polar surface area (TPSA) is 59.3 Å². The summed E-state index contributed by atoms with van der Waals surface area (Å²) >= 11 is 11.8. The number of amides is 1. The molecule has 0 aliphatic carbocycles. The van der Waals surface area contributed by atoms with Crippen LogP contribution < -0.4 is 5.32 Å². The fourth-order valence-electron chi connectivity index (χ4n) is 2.81. The average molecular weight is 451 g/mol. The maximum Gasteiger partial charge on any atom is 0.433 e. The van der Waals surface area contributed by atoms with Crippen molar-refractivity contribution < 1.29 is 18.0 Å². The van der Waals surface area contributed by atoms with Gasteiger partial charge >= 0.3 is 6.18 Å². The molecule has 30 heavy (non-hydrogen) atoms. The Morgan fingerprint density at radius 1 is 0.967 bits per heavy atom. The SMILES string of the molecule is O=C(Nc1ccc(Cl)c(Cl)c1)c1cc2nc(-c3ccccc3)cc(C(F)(F)F)n2n1. The van der Waals surface area contributed by atoms with Gasteiger partial charge in [0.15, 0.2) is 17.0 Å². The molecule has 1 amide bonds. The molecule has 0 saturated heterocycles. The molecular formula is C20H11Cl2F3N4O. The summed E-state index contributed by atoms with van der Waals surface area (Å²) in [6.45, 7) is 0. The van der Waals surface area contributed by atoms with E-state index in [9.17, 15) is 18.0 Å². The van der Waals surface area contributed by atoms with E-state index in [1.54, 1.807) is 30.3 Å². The van der Waals surface area contributed by atoms with Gasteiger partial charge in [0, 0.05) is 17.3 Å². The second kappa shape index (κ2) is 7.62. The molecular weight excluding hydrogens is 440 g/mol. The molecule has 5 nitrogen and oxygen atoms in total. The van der Waals surface area contributed by atoms with Gasteiger partial charge in [0.25, 0.3) is 5.91 Å². The number of anilines is 1. The van der Waals surface area contributed by atoms with E-state index in [1.807, 2.05) is 0 Å². The number of hydrogen-bond donors (Lipinski definition) is 1. The molecule has 2 aromatic carbocycles. The zero-order chi connectivity index (χ0) is 21.5. The van der Waals surface area contributed by atoms with E-state index < -0.39 is 17.8 Å². The Balaban J connectivity index is 1.77. The van der Waals surface area contributed by atoms with Crippen molar-refractivity contribution in [1.82, 2.24) is 14.6 Å². The van der Waals surface area contributed by atoms with Gasteiger partial charge in [0.2, 0.25) is 0 Å². The molecule has 0 unspecified atom stereocenters. The van der Waals surface area contributed by atoms with E-state index in [0.29, 0.717) is 20.8 Å². The summed E-state index contributed by atoms with van der Waals surface area (Å²) in [6, 6.07) is 14.9. The number of nitrogens with one attached hydrogen (secondary N) is 1. The van der Waals surface area contributed by atoms with E-state index in [-0.39, 0.29) is 22.1 Å². The van der Waals surface area contributed by atoms with Crippen molar-refractivity contribution in [1.29, 1.82) is 0 Å². The Hall–Kier alpha value is -3.10. The molecule has 4 aromatic rings. The molecule has 0 aliphatic rings. The smallest absolute Gasteiger partial charge is 0.321 e. The Kier molecular flexibility index (Phi) is 5.13. The molecule has 4 rings (SSSR count). The monoisotopic (exact) mass is 450 g/mol. The first-order valence-corrected chi connectivity index (χ1v) is 9.28. The van der Waals surface area contributed by atoms with Gasteiger partial charge < -0.3 is 5.32 Å². The molecule has 0 bridgehead atoms. The first-order chi connectivity index (χ1) is 14.2. The van der Waals surface area contributed by atoms with Crippen molar-refractivity contribution in [2.45, 2.75) is 6.18 Å². The van der Waals surface area contributed by atoms with E-state index >= 15 is 0 Å². The fourth-order valence-corrected chi connectivity index (χ4v) is 3.11. The van der Waals surface area contributed by atoms with Crippen LogP contribution in [0.5, 0.6) is 0 Å². The zero-order valence-corrected chi connectivity index (χ0v) is 16.4. The highest BCUT2D eigenvalue weighted by molar-refractivity contribution is 6.42. The van der Waals surface area contributed by atoms with Gasteiger partial charge in [-0.2, -0.15) is 18.3 Å². The van der Waals surface area contributed by atoms with Gasteiger partial charge in [-0.1, -0.05) is 53.5 Å². The summed E-state index contributed by atoms with van der Waals surface area (Å²) in [4.78, 5) is 16.8. The number of fused-ring (bicyclic) bond motifs is 1. The number of rotatable bonds is 3. The van der Waals surface area contributed by atoms with Crippen LogP contribution in [0.2, 0.25) is 10.0 Å². The molecule has 1 N–H and O–H groups in total. The molecule has 0 spiro atoms. The van der Waals surface area contributed by atoms with Gasteiger partial charge in [-0.25, -0.2) is 9.50 Å². The lowest BCUT2D eigenvalue weighted by Crippen LogP contribution is -2.15.